The number of hydrogen-bond acceptors (Lipinski definition) is 6. The maximum absolute atomic E-state index is 14.6. The van der Waals surface area contributed by atoms with Crippen molar-refractivity contribution in [2.24, 2.45) is 0 Å². The number of aromatic nitrogens is 2. The van der Waals surface area contributed by atoms with Gasteiger partial charge in [-0.25, -0.2) is 9.37 Å². The predicted octanol–water partition coefficient (Wildman–Crippen LogP) is 4.88. The normalized spacial score (nSPS) is 16.7. The second kappa shape index (κ2) is 8.92. The minimum atomic E-state index is -0.387. The van der Waals surface area contributed by atoms with Crippen LogP contribution >= 0.6 is 11.6 Å². The zero-order valence-corrected chi connectivity index (χ0v) is 18.5. The lowest BCUT2D eigenvalue weighted by Gasteiger charge is -2.29. The number of piperidine rings is 1. The number of fused-ring (bicyclic) bond motifs is 1. The molecule has 3 aromatic rings. The van der Waals surface area contributed by atoms with Crippen LogP contribution in [0.15, 0.2) is 42.7 Å². The van der Waals surface area contributed by atoms with E-state index < -0.39 is 0 Å². The molecular formula is C24H24ClFN4O2. The lowest BCUT2D eigenvalue weighted by atomic mass is 10.0. The summed E-state index contributed by atoms with van der Waals surface area (Å²) in [7, 11) is 2.12. The molecule has 4 heterocycles. The van der Waals surface area contributed by atoms with Gasteiger partial charge in [0.2, 0.25) is 0 Å². The summed E-state index contributed by atoms with van der Waals surface area (Å²) in [4.78, 5) is 11.3. The molecule has 5 rings (SSSR count). The molecule has 2 aliphatic heterocycles. The van der Waals surface area contributed by atoms with Gasteiger partial charge < -0.3 is 19.7 Å². The Kier molecular flexibility index (Phi) is 5.85. The number of ether oxygens (including phenoxy) is 2. The molecule has 1 aromatic carbocycles. The minimum Gasteiger partial charge on any atom is -0.489 e. The van der Waals surface area contributed by atoms with Crippen LogP contribution in [0.3, 0.4) is 0 Å². The van der Waals surface area contributed by atoms with Crippen LogP contribution in [-0.2, 0) is 0 Å². The van der Waals surface area contributed by atoms with E-state index in [-0.39, 0.29) is 11.9 Å². The van der Waals surface area contributed by atoms with Gasteiger partial charge in [0.15, 0.2) is 11.6 Å². The van der Waals surface area contributed by atoms with Crippen molar-refractivity contribution in [2.75, 3.05) is 38.6 Å². The topological polar surface area (TPSA) is 59.5 Å². The molecule has 2 aromatic heterocycles. The van der Waals surface area contributed by atoms with Gasteiger partial charge in [-0.2, -0.15) is 0 Å². The quantitative estimate of drug-likeness (QED) is 0.606. The van der Waals surface area contributed by atoms with Crippen LogP contribution < -0.4 is 14.8 Å². The highest BCUT2D eigenvalue weighted by molar-refractivity contribution is 6.30. The van der Waals surface area contributed by atoms with Gasteiger partial charge in [0.05, 0.1) is 18.4 Å². The van der Waals surface area contributed by atoms with Gasteiger partial charge in [0.25, 0.3) is 0 Å². The third-order valence-electron chi connectivity index (χ3n) is 5.81. The highest BCUT2D eigenvalue weighted by atomic mass is 35.5. The number of nitrogens with one attached hydrogen (secondary N) is 1. The Hall–Kier alpha value is -2.90. The fourth-order valence-electron chi connectivity index (χ4n) is 4.09. The highest BCUT2D eigenvalue weighted by Gasteiger charge is 2.22. The number of pyridine rings is 2. The van der Waals surface area contributed by atoms with E-state index in [0.717, 1.165) is 37.1 Å². The summed E-state index contributed by atoms with van der Waals surface area (Å²) in [5.74, 6) is 1.52. The van der Waals surface area contributed by atoms with Crippen LogP contribution in [-0.4, -0.2) is 54.3 Å². The van der Waals surface area contributed by atoms with E-state index in [1.165, 1.54) is 12.1 Å². The second-order valence-corrected chi connectivity index (χ2v) is 8.60. The average Bonchev–Trinajstić information content (AvgIpc) is 2.81. The first kappa shape index (κ1) is 21.0. The molecule has 1 saturated heterocycles. The molecule has 1 fully saturated rings. The molecule has 8 heteroatoms. The van der Waals surface area contributed by atoms with Crippen LogP contribution in [0.25, 0.3) is 22.4 Å². The molecular weight excluding hydrogens is 431 g/mol. The molecule has 32 heavy (non-hydrogen) atoms. The second-order valence-electron chi connectivity index (χ2n) is 8.16. The molecule has 0 aliphatic carbocycles. The van der Waals surface area contributed by atoms with Crippen molar-refractivity contribution in [3.63, 3.8) is 0 Å². The monoisotopic (exact) mass is 454 g/mol. The Morgan fingerprint density at radius 3 is 2.84 bits per heavy atom. The van der Waals surface area contributed by atoms with Crippen LogP contribution in [0.5, 0.6) is 11.5 Å². The third kappa shape index (κ3) is 4.36. The van der Waals surface area contributed by atoms with Gasteiger partial charge in [-0.1, -0.05) is 11.6 Å². The van der Waals surface area contributed by atoms with E-state index in [1.807, 2.05) is 12.1 Å². The Labute approximate surface area is 191 Å². The van der Waals surface area contributed by atoms with E-state index >= 15 is 0 Å². The van der Waals surface area contributed by atoms with Crippen molar-refractivity contribution in [3.8, 4) is 33.9 Å². The van der Waals surface area contributed by atoms with E-state index in [9.17, 15) is 4.39 Å². The number of likely N-dealkylation sites (tertiary alicyclic amines) is 1. The largest absolute Gasteiger partial charge is 0.489 e. The van der Waals surface area contributed by atoms with Crippen molar-refractivity contribution in [1.82, 2.24) is 14.9 Å². The molecule has 0 saturated carbocycles. The molecule has 0 bridgehead atoms. The fourth-order valence-corrected chi connectivity index (χ4v) is 4.27. The maximum atomic E-state index is 14.6. The first-order valence-corrected chi connectivity index (χ1v) is 11.1. The summed E-state index contributed by atoms with van der Waals surface area (Å²) in [5.41, 5.74) is 2.40. The molecule has 1 N–H and O–H groups in total. The van der Waals surface area contributed by atoms with Crippen LogP contribution in [0.1, 0.15) is 12.8 Å². The van der Waals surface area contributed by atoms with E-state index in [4.69, 9.17) is 21.1 Å². The Bertz CT molecular complexity index is 1130. The number of hydrogen-bond donors (Lipinski definition) is 1. The summed E-state index contributed by atoms with van der Waals surface area (Å²) in [6, 6.07) is 8.22. The van der Waals surface area contributed by atoms with Crippen LogP contribution in [0.4, 0.5) is 10.2 Å². The van der Waals surface area contributed by atoms with Crippen molar-refractivity contribution in [3.05, 3.63) is 53.6 Å². The molecule has 166 valence electrons. The van der Waals surface area contributed by atoms with Gasteiger partial charge in [0.1, 0.15) is 24.3 Å². The van der Waals surface area contributed by atoms with Crippen molar-refractivity contribution in [1.29, 1.82) is 0 Å². The van der Waals surface area contributed by atoms with E-state index in [1.54, 1.807) is 18.5 Å². The molecule has 0 amide bonds. The molecule has 6 nitrogen and oxygen atoms in total. The average molecular weight is 455 g/mol. The Morgan fingerprint density at radius 1 is 1.16 bits per heavy atom. The molecule has 2 aliphatic rings. The third-order valence-corrected chi connectivity index (χ3v) is 6.05. The summed E-state index contributed by atoms with van der Waals surface area (Å²) < 4.78 is 26.7. The fraction of sp³-hybridized carbons (Fsp3) is 0.333. The Balaban J connectivity index is 1.53. The minimum absolute atomic E-state index is 0.170. The van der Waals surface area contributed by atoms with Crippen molar-refractivity contribution < 1.29 is 13.9 Å². The zero-order chi connectivity index (χ0) is 22.1. The van der Waals surface area contributed by atoms with Crippen LogP contribution in [0.2, 0.25) is 5.02 Å². The first-order valence-electron chi connectivity index (χ1n) is 10.7. The van der Waals surface area contributed by atoms with Gasteiger partial charge >= 0.3 is 0 Å². The zero-order valence-electron chi connectivity index (χ0n) is 17.8. The maximum Gasteiger partial charge on any atom is 0.170 e. The van der Waals surface area contributed by atoms with Crippen LogP contribution in [0, 0.1) is 5.82 Å². The molecule has 0 unspecified atom stereocenters. The number of nitrogens with zero attached hydrogens (tertiary/aromatic N) is 3. The van der Waals surface area contributed by atoms with Crippen molar-refractivity contribution in [2.45, 2.75) is 18.9 Å². The molecule has 0 radical (unpaired) electrons. The van der Waals surface area contributed by atoms with E-state index in [0.29, 0.717) is 46.7 Å². The number of halogens is 2. The van der Waals surface area contributed by atoms with Gasteiger partial charge in [-0.15, -0.1) is 0 Å². The molecule has 0 atom stereocenters. The number of anilines is 1. The summed E-state index contributed by atoms with van der Waals surface area (Å²) in [6.45, 7) is 3.18. The van der Waals surface area contributed by atoms with Gasteiger partial charge in [-0.3, -0.25) is 4.98 Å². The standard InChI is InChI=1S/C24H24ClFN4O2/c1-30-7-4-17(5-8-30)32-18-10-15(13-27-14-18)19-12-22(20-11-16(25)2-3-21(20)26)29-24-23(19)31-9-6-28-24/h2-3,10-14,17H,4-9H2,1H3,(H,28,29). The Morgan fingerprint density at radius 2 is 2.00 bits per heavy atom. The lowest BCUT2D eigenvalue weighted by molar-refractivity contribution is 0.114. The number of rotatable bonds is 4. The molecule has 0 spiro atoms. The summed E-state index contributed by atoms with van der Waals surface area (Å²) in [5, 5.41) is 3.70. The number of benzene rings is 1. The summed E-state index contributed by atoms with van der Waals surface area (Å²) in [6.07, 6.45) is 5.62. The lowest BCUT2D eigenvalue weighted by Crippen LogP contribution is -2.35. The van der Waals surface area contributed by atoms with Crippen molar-refractivity contribution >= 4 is 17.4 Å². The van der Waals surface area contributed by atoms with Gasteiger partial charge in [-0.05, 0) is 50.2 Å². The van der Waals surface area contributed by atoms with Gasteiger partial charge in [0, 0.05) is 41.0 Å². The predicted molar refractivity (Wildman–Crippen MR) is 123 cm³/mol. The smallest absolute Gasteiger partial charge is 0.170 e. The van der Waals surface area contributed by atoms with E-state index in [2.05, 4.69) is 27.2 Å². The highest BCUT2D eigenvalue weighted by Crippen LogP contribution is 2.41. The summed E-state index contributed by atoms with van der Waals surface area (Å²) >= 11 is 6.12. The SMILES string of the molecule is CN1CCC(Oc2cncc(-c3cc(-c4cc(Cl)ccc4F)nc4c3OCCN4)c2)CC1. The first-order chi connectivity index (χ1) is 15.6.